The summed E-state index contributed by atoms with van der Waals surface area (Å²) in [5.41, 5.74) is 3.51. The Balaban J connectivity index is 2.52. The Hall–Kier alpha value is -2.36. The second kappa shape index (κ2) is 5.79. The molecule has 0 fully saturated rings. The lowest BCUT2D eigenvalue weighted by atomic mass is 9.86. The standard InChI is InChI=1S/C18H21NO3/c1-11-14(17(20)21)10-15(22-5)16(19-11)12-6-8-13(9-7-12)18(2,3)4/h6-10H,1-5H3,(H,20,21). The van der Waals surface area contributed by atoms with Gasteiger partial charge in [-0.25, -0.2) is 9.78 Å². The molecule has 2 rings (SSSR count). The topological polar surface area (TPSA) is 59.4 Å². The predicted octanol–water partition coefficient (Wildman–Crippen LogP) is 4.06. The van der Waals surface area contributed by atoms with Crippen LogP contribution < -0.4 is 4.74 Å². The Morgan fingerprint density at radius 2 is 1.77 bits per heavy atom. The van der Waals surface area contributed by atoms with Crippen molar-refractivity contribution in [1.82, 2.24) is 4.98 Å². The van der Waals surface area contributed by atoms with Crippen molar-refractivity contribution in [2.75, 3.05) is 7.11 Å². The van der Waals surface area contributed by atoms with Crippen LogP contribution in [0, 0.1) is 6.92 Å². The van der Waals surface area contributed by atoms with E-state index in [0.29, 0.717) is 17.1 Å². The molecule has 2 aromatic rings. The molecule has 0 saturated heterocycles. The van der Waals surface area contributed by atoms with Crippen LogP contribution in [0.3, 0.4) is 0 Å². The summed E-state index contributed by atoms with van der Waals surface area (Å²) in [5, 5.41) is 9.18. The molecule has 0 saturated carbocycles. The Labute approximate surface area is 130 Å². The summed E-state index contributed by atoms with van der Waals surface area (Å²) >= 11 is 0. The van der Waals surface area contributed by atoms with Gasteiger partial charge in [0.15, 0.2) is 0 Å². The molecule has 22 heavy (non-hydrogen) atoms. The SMILES string of the molecule is COc1cc(C(=O)O)c(C)nc1-c1ccc(C(C)(C)C)cc1. The fourth-order valence-corrected chi connectivity index (χ4v) is 2.29. The van der Waals surface area contributed by atoms with E-state index in [4.69, 9.17) is 4.74 Å². The van der Waals surface area contributed by atoms with Gasteiger partial charge in [0.25, 0.3) is 0 Å². The number of pyridine rings is 1. The Kier molecular flexibility index (Phi) is 4.22. The van der Waals surface area contributed by atoms with E-state index in [2.05, 4.69) is 37.9 Å². The minimum atomic E-state index is -1.00. The molecule has 0 radical (unpaired) electrons. The highest BCUT2D eigenvalue weighted by molar-refractivity contribution is 5.90. The molecule has 0 aliphatic carbocycles. The van der Waals surface area contributed by atoms with E-state index in [1.165, 1.54) is 18.7 Å². The number of carbonyl (C=O) groups is 1. The number of aryl methyl sites for hydroxylation is 1. The fraction of sp³-hybridized carbons (Fsp3) is 0.333. The van der Waals surface area contributed by atoms with E-state index >= 15 is 0 Å². The van der Waals surface area contributed by atoms with Gasteiger partial charge in [0.05, 0.1) is 18.4 Å². The molecule has 4 heteroatoms. The Morgan fingerprint density at radius 3 is 2.23 bits per heavy atom. The Morgan fingerprint density at radius 1 is 1.18 bits per heavy atom. The zero-order valence-corrected chi connectivity index (χ0v) is 13.6. The van der Waals surface area contributed by atoms with Crippen molar-refractivity contribution in [3.8, 4) is 17.0 Å². The van der Waals surface area contributed by atoms with Gasteiger partial charge in [-0.3, -0.25) is 0 Å². The molecular weight excluding hydrogens is 278 g/mol. The van der Waals surface area contributed by atoms with Crippen LogP contribution in [-0.2, 0) is 5.41 Å². The molecule has 0 atom stereocenters. The number of carboxylic acid groups (broad SMARTS) is 1. The molecule has 1 N–H and O–H groups in total. The summed E-state index contributed by atoms with van der Waals surface area (Å²) in [6.45, 7) is 8.17. The van der Waals surface area contributed by atoms with Crippen molar-refractivity contribution >= 4 is 5.97 Å². The maximum atomic E-state index is 11.2. The lowest BCUT2D eigenvalue weighted by molar-refractivity contribution is 0.0695. The minimum Gasteiger partial charge on any atom is -0.494 e. The second-order valence-corrected chi connectivity index (χ2v) is 6.30. The number of aromatic carboxylic acids is 1. The molecule has 4 nitrogen and oxygen atoms in total. The molecule has 116 valence electrons. The van der Waals surface area contributed by atoms with Crippen LogP contribution in [0.1, 0.15) is 42.4 Å². The van der Waals surface area contributed by atoms with Crippen LogP contribution in [0.5, 0.6) is 5.75 Å². The van der Waals surface area contributed by atoms with E-state index in [9.17, 15) is 9.90 Å². The van der Waals surface area contributed by atoms with Crippen molar-refractivity contribution in [2.24, 2.45) is 0 Å². The van der Waals surface area contributed by atoms with E-state index in [0.717, 1.165) is 5.56 Å². The first-order valence-corrected chi connectivity index (χ1v) is 7.14. The lowest BCUT2D eigenvalue weighted by Crippen LogP contribution is -2.10. The maximum absolute atomic E-state index is 11.2. The third-order valence-electron chi connectivity index (χ3n) is 3.65. The number of hydrogen-bond donors (Lipinski definition) is 1. The number of ether oxygens (including phenoxy) is 1. The van der Waals surface area contributed by atoms with Crippen LogP contribution in [-0.4, -0.2) is 23.2 Å². The zero-order chi connectivity index (χ0) is 16.5. The summed E-state index contributed by atoms with van der Waals surface area (Å²) in [4.78, 5) is 15.6. The van der Waals surface area contributed by atoms with Crippen molar-refractivity contribution in [2.45, 2.75) is 33.1 Å². The number of rotatable bonds is 3. The number of carboxylic acids is 1. The second-order valence-electron chi connectivity index (χ2n) is 6.30. The van der Waals surface area contributed by atoms with Gasteiger partial charge < -0.3 is 9.84 Å². The highest BCUT2D eigenvalue weighted by Crippen LogP contribution is 2.32. The van der Waals surface area contributed by atoms with Crippen molar-refractivity contribution in [3.05, 3.63) is 47.2 Å². The average Bonchev–Trinajstić information content (AvgIpc) is 2.46. The normalized spacial score (nSPS) is 11.3. The zero-order valence-electron chi connectivity index (χ0n) is 13.6. The van der Waals surface area contributed by atoms with E-state index in [-0.39, 0.29) is 11.0 Å². The fourth-order valence-electron chi connectivity index (χ4n) is 2.29. The maximum Gasteiger partial charge on any atom is 0.337 e. The molecule has 1 aromatic heterocycles. The molecule has 0 unspecified atom stereocenters. The molecule has 1 aromatic carbocycles. The first-order chi connectivity index (χ1) is 10.2. The van der Waals surface area contributed by atoms with Gasteiger partial charge >= 0.3 is 5.97 Å². The number of benzene rings is 1. The van der Waals surface area contributed by atoms with E-state index < -0.39 is 5.97 Å². The van der Waals surface area contributed by atoms with Gasteiger partial charge in [0.1, 0.15) is 11.4 Å². The van der Waals surface area contributed by atoms with E-state index in [1.807, 2.05) is 12.1 Å². The number of aromatic nitrogens is 1. The third-order valence-corrected chi connectivity index (χ3v) is 3.65. The number of nitrogens with zero attached hydrogens (tertiary/aromatic N) is 1. The number of methoxy groups -OCH3 is 1. The average molecular weight is 299 g/mol. The van der Waals surface area contributed by atoms with Gasteiger partial charge in [-0.1, -0.05) is 45.0 Å². The predicted molar refractivity (Wildman–Crippen MR) is 86.6 cm³/mol. The summed E-state index contributed by atoms with van der Waals surface area (Å²) in [6, 6.07) is 9.64. The molecule has 1 heterocycles. The van der Waals surface area contributed by atoms with Gasteiger partial charge in [-0.15, -0.1) is 0 Å². The first kappa shape index (κ1) is 16.0. The van der Waals surface area contributed by atoms with Crippen LogP contribution in [0.2, 0.25) is 0 Å². The van der Waals surface area contributed by atoms with Crippen molar-refractivity contribution in [1.29, 1.82) is 0 Å². The van der Waals surface area contributed by atoms with Gasteiger partial charge in [-0.05, 0) is 24.0 Å². The summed E-state index contributed by atoms with van der Waals surface area (Å²) < 4.78 is 5.32. The molecule has 0 bridgehead atoms. The van der Waals surface area contributed by atoms with Crippen LogP contribution >= 0.6 is 0 Å². The quantitative estimate of drug-likeness (QED) is 0.928. The molecule has 0 amide bonds. The largest absolute Gasteiger partial charge is 0.494 e. The van der Waals surface area contributed by atoms with Crippen LogP contribution in [0.4, 0.5) is 0 Å². The minimum absolute atomic E-state index is 0.0825. The van der Waals surface area contributed by atoms with Crippen LogP contribution in [0.15, 0.2) is 30.3 Å². The third kappa shape index (κ3) is 3.11. The summed E-state index contributed by atoms with van der Waals surface area (Å²) in [5.74, 6) is -0.538. The van der Waals surface area contributed by atoms with E-state index in [1.54, 1.807) is 6.92 Å². The van der Waals surface area contributed by atoms with Gasteiger partial charge in [0, 0.05) is 5.56 Å². The van der Waals surface area contributed by atoms with Crippen LogP contribution in [0.25, 0.3) is 11.3 Å². The first-order valence-electron chi connectivity index (χ1n) is 7.14. The smallest absolute Gasteiger partial charge is 0.337 e. The number of hydrogen-bond acceptors (Lipinski definition) is 3. The molecular formula is C18H21NO3. The lowest BCUT2D eigenvalue weighted by Gasteiger charge is -2.19. The van der Waals surface area contributed by atoms with Crippen molar-refractivity contribution < 1.29 is 14.6 Å². The molecule has 0 spiro atoms. The van der Waals surface area contributed by atoms with Gasteiger partial charge in [0.2, 0.25) is 0 Å². The van der Waals surface area contributed by atoms with Gasteiger partial charge in [-0.2, -0.15) is 0 Å². The monoisotopic (exact) mass is 299 g/mol. The summed E-state index contributed by atoms with van der Waals surface area (Å²) in [7, 11) is 1.52. The summed E-state index contributed by atoms with van der Waals surface area (Å²) in [6.07, 6.45) is 0. The Bertz CT molecular complexity index is 698. The molecule has 0 aliphatic heterocycles. The highest BCUT2D eigenvalue weighted by Gasteiger charge is 2.17. The molecule has 0 aliphatic rings. The highest BCUT2D eigenvalue weighted by atomic mass is 16.5. The van der Waals surface area contributed by atoms with Crippen molar-refractivity contribution in [3.63, 3.8) is 0 Å².